The number of hydrogen-bond donors (Lipinski definition) is 5. The molecule has 4 rings (SSSR count). The molecule has 0 bridgehead atoms. The zero-order valence-corrected chi connectivity index (χ0v) is 22.1. The van der Waals surface area contributed by atoms with E-state index in [1.807, 2.05) is 0 Å². The van der Waals surface area contributed by atoms with Gasteiger partial charge in [-0.2, -0.15) is 0 Å². The molecular formula is C24H28N10O6. The fraction of sp³-hybridized carbons (Fsp3) is 0.250. The monoisotopic (exact) mass is 552 g/mol. The molecule has 0 saturated heterocycles. The molecule has 16 heteroatoms. The van der Waals surface area contributed by atoms with E-state index in [1.54, 1.807) is 38.0 Å². The second-order valence-corrected chi connectivity index (χ2v) is 8.88. The van der Waals surface area contributed by atoms with Crippen LogP contribution >= 0.6 is 0 Å². The summed E-state index contributed by atoms with van der Waals surface area (Å²) in [6.45, 7) is 1.64. The highest BCUT2D eigenvalue weighted by atomic mass is 16.4. The second kappa shape index (κ2) is 11.1. The standard InChI is InChI=1S/C24H28N10O6/c1-5-18(35)28-33-8-9-34(23(33)22(38)27-15-11-17(24(39)40)32(4)13-15)29-20(36)16-10-14(12-31(16)3)26-21(37)19-25-6-7-30(19)2/h6-13,23H,5H2,1-4H3,(H,26,37)(H,27,38)(H,28,35)(H,29,36)(H,39,40). The summed E-state index contributed by atoms with van der Waals surface area (Å²) in [5.74, 6) is -3.10. The Labute approximate surface area is 227 Å². The number of aryl methyl sites for hydroxylation is 3. The van der Waals surface area contributed by atoms with Crippen LogP contribution in [0, 0.1) is 0 Å². The number of carbonyl (C=O) groups is 5. The topological polar surface area (TPSA) is 188 Å². The summed E-state index contributed by atoms with van der Waals surface area (Å²) in [5.41, 5.74) is 5.86. The number of carbonyl (C=O) groups excluding carboxylic acids is 4. The lowest BCUT2D eigenvalue weighted by Gasteiger charge is -2.31. The number of anilines is 2. The van der Waals surface area contributed by atoms with Crippen LogP contribution in [0.3, 0.4) is 0 Å². The van der Waals surface area contributed by atoms with Crippen LogP contribution in [-0.4, -0.2) is 69.6 Å². The van der Waals surface area contributed by atoms with Crippen molar-refractivity contribution in [3.8, 4) is 0 Å². The summed E-state index contributed by atoms with van der Waals surface area (Å²) in [6.07, 6.45) is 7.76. The molecule has 1 aliphatic rings. The highest BCUT2D eigenvalue weighted by molar-refractivity contribution is 6.03. The van der Waals surface area contributed by atoms with E-state index in [4.69, 9.17) is 0 Å². The molecule has 1 atom stereocenters. The van der Waals surface area contributed by atoms with Crippen LogP contribution < -0.4 is 21.5 Å². The van der Waals surface area contributed by atoms with Crippen molar-refractivity contribution in [3.63, 3.8) is 0 Å². The minimum Gasteiger partial charge on any atom is -0.477 e. The molecular weight excluding hydrogens is 524 g/mol. The molecule has 40 heavy (non-hydrogen) atoms. The number of hydrazine groups is 2. The van der Waals surface area contributed by atoms with Gasteiger partial charge in [0.1, 0.15) is 11.4 Å². The van der Waals surface area contributed by atoms with Crippen LogP contribution in [-0.2, 0) is 30.7 Å². The zero-order valence-electron chi connectivity index (χ0n) is 22.1. The number of aromatic nitrogens is 4. The number of rotatable bonds is 9. The Hall–Kier alpha value is -5.54. The van der Waals surface area contributed by atoms with Gasteiger partial charge in [-0.1, -0.05) is 6.92 Å². The predicted octanol–water partition coefficient (Wildman–Crippen LogP) is 0.187. The molecule has 0 fully saturated rings. The average molecular weight is 553 g/mol. The van der Waals surface area contributed by atoms with Gasteiger partial charge in [-0.05, 0) is 12.1 Å². The Morgan fingerprint density at radius 3 is 2.02 bits per heavy atom. The van der Waals surface area contributed by atoms with Crippen molar-refractivity contribution < 1.29 is 29.1 Å². The van der Waals surface area contributed by atoms with Gasteiger partial charge in [-0.3, -0.25) is 40.0 Å². The molecule has 4 heterocycles. The van der Waals surface area contributed by atoms with Crippen LogP contribution in [0.1, 0.15) is 44.9 Å². The third-order valence-corrected chi connectivity index (χ3v) is 5.97. The second-order valence-electron chi connectivity index (χ2n) is 8.88. The highest BCUT2D eigenvalue weighted by Gasteiger charge is 2.36. The van der Waals surface area contributed by atoms with E-state index in [0.29, 0.717) is 5.69 Å². The molecule has 0 aromatic carbocycles. The van der Waals surface area contributed by atoms with Crippen molar-refractivity contribution in [2.45, 2.75) is 19.5 Å². The lowest BCUT2D eigenvalue weighted by molar-refractivity contribution is -0.132. The normalized spacial score (nSPS) is 14.2. The van der Waals surface area contributed by atoms with Crippen molar-refractivity contribution >= 4 is 41.0 Å². The fourth-order valence-electron chi connectivity index (χ4n) is 3.97. The molecule has 1 unspecified atom stereocenters. The van der Waals surface area contributed by atoms with Gasteiger partial charge in [0.25, 0.3) is 17.7 Å². The third-order valence-electron chi connectivity index (χ3n) is 5.97. The number of amides is 4. The van der Waals surface area contributed by atoms with Crippen molar-refractivity contribution in [1.82, 2.24) is 39.6 Å². The summed E-state index contributed by atoms with van der Waals surface area (Å²) < 4.78 is 4.38. The number of carboxylic acids is 1. The first-order valence-corrected chi connectivity index (χ1v) is 12.0. The number of hydrogen-bond acceptors (Lipinski definition) is 8. The molecule has 16 nitrogen and oxygen atoms in total. The molecule has 0 saturated carbocycles. The molecule has 210 valence electrons. The maximum Gasteiger partial charge on any atom is 0.352 e. The number of aromatic carboxylic acids is 1. The predicted molar refractivity (Wildman–Crippen MR) is 140 cm³/mol. The van der Waals surface area contributed by atoms with E-state index in [0.717, 1.165) is 0 Å². The molecule has 1 aliphatic heterocycles. The first-order chi connectivity index (χ1) is 19.0. The molecule has 3 aromatic heterocycles. The summed E-state index contributed by atoms with van der Waals surface area (Å²) in [6, 6.07) is 2.74. The highest BCUT2D eigenvalue weighted by Crippen LogP contribution is 2.19. The molecule has 4 amide bonds. The molecule has 0 spiro atoms. The Bertz CT molecular complexity index is 1520. The number of nitrogens with zero attached hydrogens (tertiary/aromatic N) is 6. The minimum atomic E-state index is -1.25. The number of carboxylic acid groups (broad SMARTS) is 1. The molecule has 0 aliphatic carbocycles. The minimum absolute atomic E-state index is 0.0457. The summed E-state index contributed by atoms with van der Waals surface area (Å²) in [5, 5.41) is 17.0. The van der Waals surface area contributed by atoms with Gasteiger partial charge in [-0.15, -0.1) is 0 Å². The lowest BCUT2D eigenvalue weighted by Crippen LogP contribution is -2.58. The lowest BCUT2D eigenvalue weighted by atomic mass is 10.3. The van der Waals surface area contributed by atoms with E-state index < -0.39 is 29.9 Å². The van der Waals surface area contributed by atoms with Gasteiger partial charge in [0.15, 0.2) is 5.82 Å². The van der Waals surface area contributed by atoms with Gasteiger partial charge in [0.05, 0.1) is 11.4 Å². The van der Waals surface area contributed by atoms with Gasteiger partial charge in [0, 0.05) is 64.8 Å². The van der Waals surface area contributed by atoms with Gasteiger partial charge < -0.3 is 29.4 Å². The Morgan fingerprint density at radius 1 is 0.850 bits per heavy atom. The van der Waals surface area contributed by atoms with E-state index in [9.17, 15) is 29.1 Å². The largest absolute Gasteiger partial charge is 0.477 e. The summed E-state index contributed by atoms with van der Waals surface area (Å²) in [4.78, 5) is 66.4. The quantitative estimate of drug-likeness (QED) is 0.247. The Morgan fingerprint density at radius 2 is 1.45 bits per heavy atom. The van der Waals surface area contributed by atoms with Crippen molar-refractivity contribution in [2.75, 3.05) is 10.6 Å². The molecule has 5 N–H and O–H groups in total. The van der Waals surface area contributed by atoms with Crippen LogP contribution in [0.5, 0.6) is 0 Å². The molecule has 3 aromatic rings. The van der Waals surface area contributed by atoms with Crippen LogP contribution in [0.15, 0.2) is 49.3 Å². The first-order valence-electron chi connectivity index (χ1n) is 12.0. The van der Waals surface area contributed by atoms with Gasteiger partial charge >= 0.3 is 5.97 Å². The Kier molecular flexibility index (Phi) is 7.60. The van der Waals surface area contributed by atoms with Gasteiger partial charge in [0.2, 0.25) is 12.1 Å². The van der Waals surface area contributed by atoms with Crippen LogP contribution in [0.4, 0.5) is 11.4 Å². The van der Waals surface area contributed by atoms with E-state index in [1.165, 1.54) is 63.1 Å². The number of nitrogens with one attached hydrogen (secondary N) is 4. The van der Waals surface area contributed by atoms with Crippen LogP contribution in [0.2, 0.25) is 0 Å². The summed E-state index contributed by atoms with van der Waals surface area (Å²) >= 11 is 0. The van der Waals surface area contributed by atoms with Crippen LogP contribution in [0.25, 0.3) is 0 Å². The Balaban J connectivity index is 1.51. The molecule has 0 radical (unpaired) electrons. The van der Waals surface area contributed by atoms with Gasteiger partial charge in [-0.25, -0.2) is 9.78 Å². The maximum absolute atomic E-state index is 13.3. The smallest absolute Gasteiger partial charge is 0.352 e. The van der Waals surface area contributed by atoms with Crippen molar-refractivity contribution in [2.24, 2.45) is 21.1 Å². The fourth-order valence-corrected chi connectivity index (χ4v) is 3.97. The van der Waals surface area contributed by atoms with E-state index in [-0.39, 0.29) is 35.2 Å². The van der Waals surface area contributed by atoms with E-state index in [2.05, 4.69) is 26.5 Å². The summed E-state index contributed by atoms with van der Waals surface area (Å²) in [7, 11) is 4.80. The SMILES string of the molecule is CCC(=O)NN1C=CN(NC(=O)c2cc(NC(=O)c3nccn3C)cn2C)C1C(=O)Nc1cc(C(=O)O)n(C)c1. The first kappa shape index (κ1) is 27.5. The number of imidazole rings is 1. The maximum atomic E-state index is 13.3. The van der Waals surface area contributed by atoms with E-state index >= 15 is 0 Å². The zero-order chi connectivity index (χ0) is 29.1. The average Bonchev–Trinajstić information content (AvgIpc) is 3.66. The van der Waals surface area contributed by atoms with Crippen molar-refractivity contribution in [1.29, 1.82) is 0 Å². The van der Waals surface area contributed by atoms with Crippen molar-refractivity contribution in [3.05, 3.63) is 66.5 Å². The third kappa shape index (κ3) is 5.64.